The molecule has 0 aromatic carbocycles. The summed E-state index contributed by atoms with van der Waals surface area (Å²) in [5.41, 5.74) is 12.7. The van der Waals surface area contributed by atoms with Crippen LogP contribution >= 0.6 is 0 Å². The van der Waals surface area contributed by atoms with Gasteiger partial charge in [0.25, 0.3) is 0 Å². The first-order valence-corrected chi connectivity index (χ1v) is 5.79. The van der Waals surface area contributed by atoms with Crippen molar-refractivity contribution in [3.05, 3.63) is 48.0 Å². The fourth-order valence-corrected chi connectivity index (χ4v) is 1.63. The van der Waals surface area contributed by atoms with E-state index >= 15 is 0 Å². The topological polar surface area (TPSA) is 86.5 Å². The van der Waals surface area contributed by atoms with Gasteiger partial charge < -0.3 is 16.2 Å². The van der Waals surface area contributed by atoms with Crippen LogP contribution in [-0.4, -0.2) is 17.3 Å². The molecule has 0 saturated carbocycles. The molecule has 0 fully saturated rings. The quantitative estimate of drug-likeness (QED) is 0.783. The summed E-state index contributed by atoms with van der Waals surface area (Å²) in [6.45, 7) is 1.15. The Hall–Kier alpha value is -2.14. The average molecular weight is 244 g/mol. The zero-order valence-corrected chi connectivity index (χ0v) is 10.0. The summed E-state index contributed by atoms with van der Waals surface area (Å²) in [5, 5.41) is 0. The molecule has 4 N–H and O–H groups in total. The van der Waals surface area contributed by atoms with E-state index in [1.165, 1.54) is 6.20 Å². The lowest BCUT2D eigenvalue weighted by atomic mass is 10.2. The van der Waals surface area contributed by atoms with Crippen LogP contribution in [0.15, 0.2) is 47.4 Å². The first-order chi connectivity index (χ1) is 8.83. The number of aromatic nitrogens is 1. The Labute approximate surface area is 106 Å². The molecule has 0 unspecified atom stereocenters. The summed E-state index contributed by atoms with van der Waals surface area (Å²) >= 11 is 0. The van der Waals surface area contributed by atoms with Crippen LogP contribution in [0.5, 0.6) is 0 Å². The molecule has 0 amide bonds. The Kier molecular flexibility index (Phi) is 4.09. The van der Waals surface area contributed by atoms with E-state index < -0.39 is 0 Å². The Morgan fingerprint density at radius 1 is 1.56 bits per heavy atom. The van der Waals surface area contributed by atoms with Gasteiger partial charge in [0.05, 0.1) is 6.61 Å². The molecule has 0 bridgehead atoms. The molecule has 1 aromatic rings. The first-order valence-electron chi connectivity index (χ1n) is 5.79. The Morgan fingerprint density at radius 2 is 2.44 bits per heavy atom. The van der Waals surface area contributed by atoms with Gasteiger partial charge >= 0.3 is 0 Å². The minimum Gasteiger partial charge on any atom is -0.491 e. The maximum atomic E-state index is 5.58. The van der Waals surface area contributed by atoms with Gasteiger partial charge in [0, 0.05) is 19.2 Å². The lowest BCUT2D eigenvalue weighted by Gasteiger charge is -2.04. The molecule has 0 atom stereocenters. The summed E-state index contributed by atoms with van der Waals surface area (Å²) < 4.78 is 5.47. The molecule has 0 spiro atoms. The number of hydrogen-bond acceptors (Lipinski definition) is 5. The van der Waals surface area contributed by atoms with Gasteiger partial charge in [-0.15, -0.1) is 0 Å². The highest BCUT2D eigenvalue weighted by molar-refractivity contribution is 6.08. The van der Waals surface area contributed by atoms with Crippen LogP contribution in [0.4, 0.5) is 5.82 Å². The Bertz CT molecular complexity index is 505. The molecule has 1 aromatic heterocycles. The van der Waals surface area contributed by atoms with E-state index in [4.69, 9.17) is 16.2 Å². The molecule has 1 aliphatic heterocycles. The normalized spacial score (nSPS) is 15.8. The van der Waals surface area contributed by atoms with Crippen LogP contribution in [-0.2, 0) is 11.3 Å². The van der Waals surface area contributed by atoms with Crippen molar-refractivity contribution in [2.75, 3.05) is 6.61 Å². The highest BCUT2D eigenvalue weighted by Crippen LogP contribution is 2.17. The molecular weight excluding hydrogens is 228 g/mol. The van der Waals surface area contributed by atoms with Crippen molar-refractivity contribution in [3.63, 3.8) is 0 Å². The molecule has 5 heteroatoms. The van der Waals surface area contributed by atoms with E-state index in [1.807, 2.05) is 18.2 Å². The van der Waals surface area contributed by atoms with Crippen molar-refractivity contribution < 1.29 is 4.74 Å². The molecule has 2 heterocycles. The monoisotopic (exact) mass is 244 g/mol. The van der Waals surface area contributed by atoms with E-state index in [2.05, 4.69) is 9.98 Å². The van der Waals surface area contributed by atoms with Crippen LogP contribution in [0.25, 0.3) is 0 Å². The number of ether oxygens (including phenoxy) is 1. The van der Waals surface area contributed by atoms with Gasteiger partial charge in [-0.2, -0.15) is 0 Å². The van der Waals surface area contributed by atoms with Crippen molar-refractivity contribution in [3.8, 4) is 0 Å². The highest BCUT2D eigenvalue weighted by Gasteiger charge is 2.11. The number of nitrogens with two attached hydrogens (primary N) is 2. The van der Waals surface area contributed by atoms with Gasteiger partial charge in [0.1, 0.15) is 11.5 Å². The Balaban J connectivity index is 2.31. The third kappa shape index (κ3) is 2.95. The van der Waals surface area contributed by atoms with Crippen LogP contribution < -0.4 is 11.5 Å². The number of aliphatic imine (C=N–C) groups is 1. The summed E-state index contributed by atoms with van der Waals surface area (Å²) in [7, 11) is 0. The number of hydrogen-bond donors (Lipinski definition) is 2. The molecule has 94 valence electrons. The van der Waals surface area contributed by atoms with Crippen molar-refractivity contribution in [2.24, 2.45) is 16.5 Å². The van der Waals surface area contributed by atoms with E-state index in [-0.39, 0.29) is 0 Å². The number of allylic oxidation sites excluding steroid dienone is 1. The zero-order valence-electron chi connectivity index (χ0n) is 10.0. The third-order valence-corrected chi connectivity index (χ3v) is 2.49. The largest absolute Gasteiger partial charge is 0.491 e. The van der Waals surface area contributed by atoms with Crippen LogP contribution in [0, 0.1) is 0 Å². The summed E-state index contributed by atoms with van der Waals surface area (Å²) in [6.07, 6.45) is 7.71. The molecule has 2 rings (SSSR count). The summed E-state index contributed by atoms with van der Waals surface area (Å²) in [5.74, 6) is 1.35. The standard InChI is InChI=1S/C13H16N4O/c14-5-3-11(12-2-1-7-18-12)17-13-8-10(9-15)4-6-16-13/h2-6,8H,1,7,9,14-15H2/b5-3-,17-11?. The zero-order chi connectivity index (χ0) is 12.8. The van der Waals surface area contributed by atoms with Gasteiger partial charge in [-0.1, -0.05) is 0 Å². The Morgan fingerprint density at radius 3 is 3.11 bits per heavy atom. The average Bonchev–Trinajstić information content (AvgIpc) is 2.92. The molecule has 18 heavy (non-hydrogen) atoms. The van der Waals surface area contributed by atoms with Crippen LogP contribution in [0.2, 0.25) is 0 Å². The molecule has 0 aliphatic carbocycles. The maximum Gasteiger partial charge on any atom is 0.152 e. The van der Waals surface area contributed by atoms with Crippen molar-refractivity contribution in [2.45, 2.75) is 13.0 Å². The third-order valence-electron chi connectivity index (χ3n) is 2.49. The van der Waals surface area contributed by atoms with E-state index in [0.29, 0.717) is 24.7 Å². The van der Waals surface area contributed by atoms with Crippen LogP contribution in [0.3, 0.4) is 0 Å². The smallest absolute Gasteiger partial charge is 0.152 e. The summed E-state index contributed by atoms with van der Waals surface area (Å²) in [4.78, 5) is 8.61. The van der Waals surface area contributed by atoms with Gasteiger partial charge in [-0.05, 0) is 36.0 Å². The predicted octanol–water partition coefficient (Wildman–Crippen LogP) is 1.39. The molecular formula is C13H16N4O. The summed E-state index contributed by atoms with van der Waals surface area (Å²) in [6, 6.07) is 3.71. The second kappa shape index (κ2) is 5.97. The van der Waals surface area contributed by atoms with Gasteiger partial charge in [-0.3, -0.25) is 0 Å². The molecule has 5 nitrogen and oxygen atoms in total. The van der Waals surface area contributed by atoms with Crippen molar-refractivity contribution in [1.29, 1.82) is 0 Å². The van der Waals surface area contributed by atoms with Crippen molar-refractivity contribution in [1.82, 2.24) is 4.98 Å². The van der Waals surface area contributed by atoms with Gasteiger partial charge in [0.2, 0.25) is 0 Å². The fraction of sp³-hybridized carbons (Fsp3) is 0.231. The number of pyridine rings is 1. The minimum absolute atomic E-state index is 0.465. The van der Waals surface area contributed by atoms with Gasteiger partial charge in [0.15, 0.2) is 5.82 Å². The predicted molar refractivity (Wildman–Crippen MR) is 71.2 cm³/mol. The fourth-order valence-electron chi connectivity index (χ4n) is 1.63. The van der Waals surface area contributed by atoms with Gasteiger partial charge in [-0.25, -0.2) is 9.98 Å². The SMILES string of the molecule is N/C=C\C(=Nc1cc(CN)ccn1)C1=CCCO1. The highest BCUT2D eigenvalue weighted by atomic mass is 16.5. The second-order valence-corrected chi connectivity index (χ2v) is 3.79. The molecule has 0 saturated heterocycles. The minimum atomic E-state index is 0.465. The lowest BCUT2D eigenvalue weighted by molar-refractivity contribution is 0.264. The van der Waals surface area contributed by atoms with Crippen molar-refractivity contribution >= 4 is 11.5 Å². The van der Waals surface area contributed by atoms with E-state index in [9.17, 15) is 0 Å². The maximum absolute atomic E-state index is 5.58. The van der Waals surface area contributed by atoms with E-state index in [0.717, 1.165) is 17.7 Å². The van der Waals surface area contributed by atoms with E-state index in [1.54, 1.807) is 12.3 Å². The number of nitrogens with zero attached hydrogens (tertiary/aromatic N) is 2. The molecule has 1 aliphatic rings. The molecule has 0 radical (unpaired) electrons. The van der Waals surface area contributed by atoms with Crippen LogP contribution in [0.1, 0.15) is 12.0 Å². The lowest BCUT2D eigenvalue weighted by Crippen LogP contribution is -2.02. The first kappa shape index (κ1) is 12.3. The number of rotatable bonds is 4. The second-order valence-electron chi connectivity index (χ2n) is 3.79.